The Morgan fingerprint density at radius 3 is 2.38 bits per heavy atom. The van der Waals surface area contributed by atoms with Crippen molar-refractivity contribution >= 4 is 29.9 Å². The fourth-order valence-electron chi connectivity index (χ4n) is 2.75. The number of hydrogen-bond acceptors (Lipinski definition) is 4. The lowest BCUT2D eigenvalue weighted by Gasteiger charge is -2.31. The summed E-state index contributed by atoms with van der Waals surface area (Å²) in [4.78, 5) is 24.1. The van der Waals surface area contributed by atoms with Gasteiger partial charge in [-0.2, -0.15) is 0 Å². The summed E-state index contributed by atoms with van der Waals surface area (Å²) in [5, 5.41) is 5.38. The van der Waals surface area contributed by atoms with Gasteiger partial charge in [0.1, 0.15) is 5.75 Å². The lowest BCUT2D eigenvalue weighted by molar-refractivity contribution is -0.129. The van der Waals surface area contributed by atoms with Gasteiger partial charge in [0.15, 0.2) is 0 Å². The summed E-state index contributed by atoms with van der Waals surface area (Å²) in [5.41, 5.74) is 5.97. The van der Waals surface area contributed by atoms with E-state index in [9.17, 15) is 9.59 Å². The molecule has 0 atom stereocenters. The minimum atomic E-state index is -0.822. The predicted octanol–water partition coefficient (Wildman–Crippen LogP) is 2.22. The maximum absolute atomic E-state index is 12.2. The Hall–Kier alpha value is -1.79. The lowest BCUT2D eigenvalue weighted by atomic mass is 9.82. The topological polar surface area (TPSA) is 93.5 Å². The Balaban J connectivity index is 0.00000288. The fraction of sp³-hybridized carbons (Fsp3) is 0.529. The summed E-state index contributed by atoms with van der Waals surface area (Å²) < 4.78 is 5.34. The zero-order valence-corrected chi connectivity index (χ0v) is 14.8. The molecule has 1 saturated carbocycles. The Morgan fingerprint density at radius 2 is 1.79 bits per heavy atom. The maximum atomic E-state index is 12.2. The van der Waals surface area contributed by atoms with Gasteiger partial charge in [0.25, 0.3) is 0 Å². The second-order valence-corrected chi connectivity index (χ2v) is 5.91. The Morgan fingerprint density at radius 1 is 1.17 bits per heavy atom. The molecule has 0 heterocycles. The highest BCUT2D eigenvalue weighted by Gasteiger charge is 2.35. The van der Waals surface area contributed by atoms with Crippen LogP contribution in [0.15, 0.2) is 24.3 Å². The van der Waals surface area contributed by atoms with Crippen molar-refractivity contribution in [2.75, 3.05) is 18.5 Å². The van der Waals surface area contributed by atoms with Gasteiger partial charge < -0.3 is 21.1 Å². The number of amides is 2. The number of carbonyl (C=O) groups excluding carboxylic acids is 2. The molecule has 0 saturated heterocycles. The van der Waals surface area contributed by atoms with E-state index < -0.39 is 5.54 Å². The molecule has 0 aliphatic heterocycles. The van der Waals surface area contributed by atoms with Crippen molar-refractivity contribution in [1.29, 1.82) is 0 Å². The van der Waals surface area contributed by atoms with Gasteiger partial charge in [-0.3, -0.25) is 9.59 Å². The van der Waals surface area contributed by atoms with E-state index in [1.54, 1.807) is 24.3 Å². The van der Waals surface area contributed by atoms with Gasteiger partial charge in [-0.05, 0) is 44.0 Å². The van der Waals surface area contributed by atoms with Crippen molar-refractivity contribution in [1.82, 2.24) is 5.32 Å². The second-order valence-electron chi connectivity index (χ2n) is 5.91. The van der Waals surface area contributed by atoms with Crippen LogP contribution >= 0.6 is 12.4 Å². The van der Waals surface area contributed by atoms with Gasteiger partial charge in [-0.1, -0.05) is 19.3 Å². The summed E-state index contributed by atoms with van der Waals surface area (Å²) in [6.45, 7) is 2.43. The number of nitrogens with two attached hydrogens (primary N) is 1. The van der Waals surface area contributed by atoms with Crippen molar-refractivity contribution in [3.05, 3.63) is 24.3 Å². The lowest BCUT2D eigenvalue weighted by Crippen LogP contribution is -2.56. The van der Waals surface area contributed by atoms with E-state index in [-0.39, 0.29) is 30.8 Å². The van der Waals surface area contributed by atoms with Gasteiger partial charge in [0.2, 0.25) is 11.8 Å². The first-order chi connectivity index (χ1) is 11.0. The van der Waals surface area contributed by atoms with Crippen molar-refractivity contribution in [2.45, 2.75) is 44.6 Å². The number of benzene rings is 1. The van der Waals surface area contributed by atoms with Gasteiger partial charge in [0.05, 0.1) is 18.7 Å². The third-order valence-electron chi connectivity index (χ3n) is 4.06. The molecule has 1 aliphatic rings. The highest BCUT2D eigenvalue weighted by molar-refractivity contribution is 5.96. The largest absolute Gasteiger partial charge is 0.494 e. The van der Waals surface area contributed by atoms with Crippen molar-refractivity contribution in [2.24, 2.45) is 5.73 Å². The number of hydrogen-bond donors (Lipinski definition) is 3. The van der Waals surface area contributed by atoms with E-state index in [0.29, 0.717) is 25.1 Å². The quantitative estimate of drug-likeness (QED) is 0.729. The summed E-state index contributed by atoms with van der Waals surface area (Å²) in [7, 11) is 0. The number of nitrogens with one attached hydrogen (secondary N) is 2. The maximum Gasteiger partial charge on any atom is 0.243 e. The zero-order valence-electron chi connectivity index (χ0n) is 14.0. The van der Waals surface area contributed by atoms with E-state index in [1.807, 2.05) is 6.92 Å². The molecule has 4 N–H and O–H groups in total. The minimum Gasteiger partial charge on any atom is -0.494 e. The third kappa shape index (κ3) is 5.69. The zero-order chi connectivity index (χ0) is 16.7. The van der Waals surface area contributed by atoms with Crippen LogP contribution in [0.2, 0.25) is 0 Å². The average molecular weight is 356 g/mol. The normalized spacial score (nSPS) is 15.8. The van der Waals surface area contributed by atoms with Gasteiger partial charge >= 0.3 is 0 Å². The smallest absolute Gasteiger partial charge is 0.243 e. The first-order valence-electron chi connectivity index (χ1n) is 8.13. The van der Waals surface area contributed by atoms with E-state index in [0.717, 1.165) is 25.0 Å². The van der Waals surface area contributed by atoms with E-state index in [2.05, 4.69) is 10.6 Å². The van der Waals surface area contributed by atoms with Crippen LogP contribution in [0.1, 0.15) is 39.0 Å². The highest BCUT2D eigenvalue weighted by atomic mass is 35.5. The van der Waals surface area contributed by atoms with Gasteiger partial charge in [0, 0.05) is 5.69 Å². The average Bonchev–Trinajstić information content (AvgIpc) is 2.55. The van der Waals surface area contributed by atoms with Crippen LogP contribution in [0.4, 0.5) is 5.69 Å². The SMILES string of the molecule is CCOc1ccc(NC(=O)CNC(=O)C2(N)CCCCC2)cc1.Cl. The molecule has 1 fully saturated rings. The summed E-state index contributed by atoms with van der Waals surface area (Å²) in [6, 6.07) is 7.09. The molecule has 1 aromatic rings. The molecular formula is C17H26ClN3O3. The molecule has 24 heavy (non-hydrogen) atoms. The van der Waals surface area contributed by atoms with Crippen LogP contribution in [0.5, 0.6) is 5.75 Å². The molecule has 2 amide bonds. The summed E-state index contributed by atoms with van der Waals surface area (Å²) >= 11 is 0. The standard InChI is InChI=1S/C17H25N3O3.ClH/c1-2-23-14-8-6-13(7-9-14)20-15(21)12-19-16(22)17(18)10-4-3-5-11-17;/h6-9H,2-5,10-12,18H2,1H3,(H,19,22)(H,20,21);1H. The molecule has 6 nitrogen and oxygen atoms in total. The summed E-state index contributed by atoms with van der Waals surface area (Å²) in [5.74, 6) is 0.238. The van der Waals surface area contributed by atoms with Crippen LogP contribution in [0.3, 0.4) is 0 Å². The monoisotopic (exact) mass is 355 g/mol. The molecule has 0 radical (unpaired) electrons. The predicted molar refractivity (Wildman–Crippen MR) is 96.5 cm³/mol. The first kappa shape index (κ1) is 20.3. The Bertz CT molecular complexity index is 543. The Labute approximate surface area is 148 Å². The molecule has 134 valence electrons. The molecule has 7 heteroatoms. The molecule has 2 rings (SSSR count). The van der Waals surface area contributed by atoms with Crippen molar-refractivity contribution in [3.8, 4) is 5.75 Å². The van der Waals surface area contributed by atoms with Crippen LogP contribution in [0, 0.1) is 0 Å². The second kappa shape index (κ2) is 9.49. The van der Waals surface area contributed by atoms with Crippen molar-refractivity contribution < 1.29 is 14.3 Å². The van der Waals surface area contributed by atoms with E-state index in [4.69, 9.17) is 10.5 Å². The van der Waals surface area contributed by atoms with Crippen LogP contribution in [-0.4, -0.2) is 30.5 Å². The Kier molecular flexibility index (Phi) is 8.01. The first-order valence-corrected chi connectivity index (χ1v) is 8.13. The molecule has 0 aromatic heterocycles. The number of halogens is 1. The molecule has 0 unspecified atom stereocenters. The van der Waals surface area contributed by atoms with Crippen LogP contribution in [0.25, 0.3) is 0 Å². The molecular weight excluding hydrogens is 330 g/mol. The van der Waals surface area contributed by atoms with E-state index in [1.165, 1.54) is 0 Å². The van der Waals surface area contributed by atoms with Gasteiger partial charge in [-0.15, -0.1) is 12.4 Å². The highest BCUT2D eigenvalue weighted by Crippen LogP contribution is 2.25. The van der Waals surface area contributed by atoms with Crippen molar-refractivity contribution in [3.63, 3.8) is 0 Å². The van der Waals surface area contributed by atoms with E-state index >= 15 is 0 Å². The molecule has 1 aromatic carbocycles. The number of anilines is 1. The molecule has 0 bridgehead atoms. The minimum absolute atomic E-state index is 0. The number of ether oxygens (including phenoxy) is 1. The fourth-order valence-corrected chi connectivity index (χ4v) is 2.75. The number of carbonyl (C=O) groups is 2. The van der Waals surface area contributed by atoms with Crippen LogP contribution < -0.4 is 21.1 Å². The van der Waals surface area contributed by atoms with Crippen LogP contribution in [-0.2, 0) is 9.59 Å². The molecule has 1 aliphatic carbocycles. The number of rotatable bonds is 6. The molecule has 0 spiro atoms. The summed E-state index contributed by atoms with van der Waals surface area (Å²) in [6.07, 6.45) is 4.40. The third-order valence-corrected chi connectivity index (χ3v) is 4.06. The van der Waals surface area contributed by atoms with Gasteiger partial charge in [-0.25, -0.2) is 0 Å².